The van der Waals surface area contributed by atoms with Gasteiger partial charge in [0.25, 0.3) is 0 Å². The Balaban J connectivity index is 1.94. The lowest BCUT2D eigenvalue weighted by Crippen LogP contribution is -2.55. The Morgan fingerprint density at radius 3 is 2.45 bits per heavy atom. The molecule has 0 aromatic heterocycles. The topological polar surface area (TPSA) is 94.5 Å². The zero-order valence-electron chi connectivity index (χ0n) is 18.9. The van der Waals surface area contributed by atoms with Crippen LogP contribution in [0.1, 0.15) is 53.4 Å². The highest BCUT2D eigenvalue weighted by Gasteiger charge is 2.60. The van der Waals surface area contributed by atoms with Crippen LogP contribution < -0.4 is 0 Å². The number of rotatable bonds is 4. The molecule has 0 unspecified atom stereocenters. The van der Waals surface area contributed by atoms with Crippen LogP contribution in [0.2, 0.25) is 18.1 Å². The number of aliphatic hydroxyl groups is 2. The molecule has 7 nitrogen and oxygen atoms in total. The molecule has 3 aliphatic rings. The molecule has 2 N–H and O–H groups in total. The Morgan fingerprint density at radius 2 is 1.86 bits per heavy atom. The number of carbonyl (C=O) groups excluding carboxylic acids is 1. The third kappa shape index (κ3) is 4.16. The lowest BCUT2D eigenvalue weighted by atomic mass is 9.78. The average molecular weight is 431 g/mol. The van der Waals surface area contributed by atoms with E-state index in [-0.39, 0.29) is 24.0 Å². The van der Waals surface area contributed by atoms with E-state index in [1.807, 2.05) is 6.92 Å². The summed E-state index contributed by atoms with van der Waals surface area (Å²) in [6.07, 6.45) is -0.838. The highest BCUT2D eigenvalue weighted by Crippen LogP contribution is 2.51. The minimum absolute atomic E-state index is 0.0111. The molecule has 3 saturated heterocycles. The van der Waals surface area contributed by atoms with Crippen LogP contribution in [0.3, 0.4) is 0 Å². The second-order valence-corrected chi connectivity index (χ2v) is 15.6. The van der Waals surface area contributed by atoms with Gasteiger partial charge in [0.2, 0.25) is 0 Å². The van der Waals surface area contributed by atoms with Crippen molar-refractivity contribution in [3.63, 3.8) is 0 Å². The summed E-state index contributed by atoms with van der Waals surface area (Å²) in [6, 6.07) is 0. The van der Waals surface area contributed by atoms with Gasteiger partial charge in [-0.3, -0.25) is 4.79 Å². The van der Waals surface area contributed by atoms with Crippen molar-refractivity contribution in [2.24, 2.45) is 11.8 Å². The van der Waals surface area contributed by atoms with Gasteiger partial charge >= 0.3 is 5.97 Å². The summed E-state index contributed by atoms with van der Waals surface area (Å²) in [5, 5.41) is 22.3. The Hall–Kier alpha value is -0.513. The van der Waals surface area contributed by atoms with Crippen LogP contribution in [0.25, 0.3) is 0 Å². The lowest BCUT2D eigenvalue weighted by Gasteiger charge is -2.43. The van der Waals surface area contributed by atoms with Gasteiger partial charge in [-0.1, -0.05) is 20.8 Å². The molecular formula is C21H38O7Si. The third-order valence-electron chi connectivity index (χ3n) is 7.76. The number of carbonyl (C=O) groups is 1. The summed E-state index contributed by atoms with van der Waals surface area (Å²) in [5.74, 6) is -2.41. The zero-order chi connectivity index (χ0) is 21.8. The van der Waals surface area contributed by atoms with Crippen molar-refractivity contribution in [3.8, 4) is 0 Å². The molecule has 0 aromatic carbocycles. The van der Waals surface area contributed by atoms with Gasteiger partial charge in [0, 0.05) is 32.5 Å². The molecule has 0 saturated carbocycles. The van der Waals surface area contributed by atoms with E-state index in [9.17, 15) is 15.0 Å². The molecule has 0 spiro atoms. The molecule has 7 atom stereocenters. The van der Waals surface area contributed by atoms with Crippen LogP contribution >= 0.6 is 0 Å². The number of fused-ring (bicyclic) bond motifs is 3. The molecule has 168 valence electrons. The maximum absolute atomic E-state index is 12.0. The van der Waals surface area contributed by atoms with E-state index in [2.05, 4.69) is 33.9 Å². The van der Waals surface area contributed by atoms with Crippen LogP contribution in [0, 0.1) is 11.8 Å². The fraction of sp³-hybridized carbons (Fsp3) is 0.952. The number of hydrogen-bond acceptors (Lipinski definition) is 7. The van der Waals surface area contributed by atoms with Crippen molar-refractivity contribution in [1.82, 2.24) is 0 Å². The van der Waals surface area contributed by atoms with Crippen molar-refractivity contribution in [3.05, 3.63) is 0 Å². The van der Waals surface area contributed by atoms with E-state index in [4.69, 9.17) is 18.6 Å². The first-order chi connectivity index (χ1) is 13.2. The van der Waals surface area contributed by atoms with E-state index in [0.717, 1.165) is 6.42 Å². The molecule has 0 amide bonds. The Labute approximate surface area is 175 Å². The van der Waals surface area contributed by atoms with E-state index < -0.39 is 49.9 Å². The Bertz CT molecular complexity index is 633. The van der Waals surface area contributed by atoms with Crippen LogP contribution in [0.15, 0.2) is 0 Å². The van der Waals surface area contributed by atoms with E-state index in [1.54, 1.807) is 7.11 Å². The first-order valence-corrected chi connectivity index (χ1v) is 13.6. The molecule has 0 radical (unpaired) electrons. The van der Waals surface area contributed by atoms with Crippen molar-refractivity contribution in [2.45, 2.75) is 101 Å². The minimum atomic E-state index is -2.10. The van der Waals surface area contributed by atoms with Gasteiger partial charge in [-0.15, -0.1) is 0 Å². The molecule has 0 aromatic rings. The van der Waals surface area contributed by atoms with Crippen LogP contribution in [0.4, 0.5) is 0 Å². The van der Waals surface area contributed by atoms with E-state index in [1.165, 1.54) is 0 Å². The second-order valence-electron chi connectivity index (χ2n) is 10.8. The smallest absolute Gasteiger partial charge is 0.306 e. The second kappa shape index (κ2) is 7.57. The quantitative estimate of drug-likeness (QED) is 0.523. The third-order valence-corrected chi connectivity index (χ3v) is 12.3. The molecule has 29 heavy (non-hydrogen) atoms. The van der Waals surface area contributed by atoms with Crippen molar-refractivity contribution in [1.29, 1.82) is 0 Å². The van der Waals surface area contributed by atoms with Crippen LogP contribution in [-0.4, -0.2) is 67.9 Å². The van der Waals surface area contributed by atoms with Gasteiger partial charge in [-0.05, 0) is 31.5 Å². The zero-order valence-corrected chi connectivity index (χ0v) is 19.9. The van der Waals surface area contributed by atoms with Gasteiger partial charge < -0.3 is 28.8 Å². The maximum Gasteiger partial charge on any atom is 0.306 e. The normalized spacial score (nSPS) is 43.3. The predicted molar refractivity (Wildman–Crippen MR) is 110 cm³/mol. The summed E-state index contributed by atoms with van der Waals surface area (Å²) in [5.41, 5.74) is -0.553. The maximum atomic E-state index is 12.0. The minimum Gasteiger partial charge on any atom is -0.462 e. The Kier molecular flexibility index (Phi) is 6.04. The summed E-state index contributed by atoms with van der Waals surface area (Å²) in [4.78, 5) is 12.0. The summed E-state index contributed by atoms with van der Waals surface area (Å²) < 4.78 is 24.3. The molecule has 3 fully saturated rings. The molecule has 8 heteroatoms. The van der Waals surface area contributed by atoms with Crippen molar-refractivity contribution < 1.29 is 33.6 Å². The first kappa shape index (κ1) is 23.2. The number of methoxy groups -OCH3 is 1. The molecular weight excluding hydrogens is 392 g/mol. The Morgan fingerprint density at radius 1 is 1.21 bits per heavy atom. The van der Waals surface area contributed by atoms with Crippen molar-refractivity contribution >= 4 is 14.3 Å². The van der Waals surface area contributed by atoms with Crippen molar-refractivity contribution in [2.75, 3.05) is 13.7 Å². The van der Waals surface area contributed by atoms with Crippen LogP contribution in [-0.2, 0) is 23.4 Å². The van der Waals surface area contributed by atoms with Gasteiger partial charge in [0.15, 0.2) is 14.1 Å². The first-order valence-electron chi connectivity index (χ1n) is 10.7. The largest absolute Gasteiger partial charge is 0.462 e. The van der Waals surface area contributed by atoms with Gasteiger partial charge in [0.05, 0.1) is 30.1 Å². The molecule has 3 heterocycles. The van der Waals surface area contributed by atoms with Gasteiger partial charge in [-0.2, -0.15) is 0 Å². The van der Waals surface area contributed by atoms with E-state index >= 15 is 0 Å². The fourth-order valence-electron chi connectivity index (χ4n) is 4.74. The van der Waals surface area contributed by atoms with Crippen LogP contribution in [0.5, 0.6) is 0 Å². The SMILES string of the molecule is CO[C@]12CC[C@](C)(C[C@H]3OC(=O)C[C@H]3[C@H](O)[C@H](O)[C@H]1CO[Si](C)(C)C(C)(C)C)O2. The lowest BCUT2D eigenvalue weighted by molar-refractivity contribution is -0.286. The monoisotopic (exact) mass is 430 g/mol. The summed E-state index contributed by atoms with van der Waals surface area (Å²) >= 11 is 0. The average Bonchev–Trinajstić information content (AvgIpc) is 3.13. The standard InChI is InChI=1S/C21H38O7Si/c1-19(2,3)29(6,7)26-12-14-18(24)17(23)13-10-16(22)27-15(13)11-20(4)8-9-21(14,25-5)28-20/h13-15,17-18,23-24H,8-12H2,1-7H3/t13-,14-,15-,17+,18-,20-,21+/m1/s1. The highest BCUT2D eigenvalue weighted by molar-refractivity contribution is 6.74. The molecule has 0 aliphatic carbocycles. The predicted octanol–water partition coefficient (Wildman–Crippen LogP) is 2.59. The highest BCUT2D eigenvalue weighted by atomic mass is 28.4. The summed E-state index contributed by atoms with van der Waals surface area (Å²) in [7, 11) is -0.509. The number of esters is 1. The molecule has 3 rings (SSSR count). The van der Waals surface area contributed by atoms with Gasteiger partial charge in [0.1, 0.15) is 6.10 Å². The number of hydrogen-bond donors (Lipinski definition) is 2. The number of ether oxygens (including phenoxy) is 3. The fourth-order valence-corrected chi connectivity index (χ4v) is 5.77. The van der Waals surface area contributed by atoms with E-state index in [0.29, 0.717) is 12.8 Å². The summed E-state index contributed by atoms with van der Waals surface area (Å²) in [6.45, 7) is 13.0. The molecule has 3 aliphatic heterocycles. The molecule has 2 bridgehead atoms. The van der Waals surface area contributed by atoms with Gasteiger partial charge in [-0.25, -0.2) is 0 Å². The number of aliphatic hydroxyl groups excluding tert-OH is 2.